The van der Waals surface area contributed by atoms with Gasteiger partial charge in [-0.2, -0.15) is 4.98 Å². The Morgan fingerprint density at radius 2 is 1.83 bits per heavy atom. The second-order valence-electron chi connectivity index (χ2n) is 8.00. The molecular formula is C25H25N5. The number of pyridine rings is 1. The molecule has 5 heteroatoms. The second kappa shape index (κ2) is 8.11. The van der Waals surface area contributed by atoms with Crippen LogP contribution in [-0.4, -0.2) is 28.0 Å². The lowest BCUT2D eigenvalue weighted by Gasteiger charge is -2.32. The number of benzene rings is 2. The van der Waals surface area contributed by atoms with Crippen LogP contribution in [0.3, 0.4) is 0 Å². The molecule has 1 aliphatic rings. The molecule has 0 bridgehead atoms. The van der Waals surface area contributed by atoms with Crippen LogP contribution in [0, 0.1) is 5.92 Å². The van der Waals surface area contributed by atoms with Crippen molar-refractivity contribution in [3.63, 3.8) is 0 Å². The monoisotopic (exact) mass is 395 g/mol. The van der Waals surface area contributed by atoms with Crippen LogP contribution >= 0.6 is 0 Å². The molecule has 0 spiro atoms. The fourth-order valence-electron chi connectivity index (χ4n) is 4.13. The Hall–Kier alpha value is -3.47. The SMILES string of the molecule is CC1CCCN(c2cc(-c3ccccc3)nc(Nc3cccc4cccnc34)n2)C1. The molecule has 150 valence electrons. The summed E-state index contributed by atoms with van der Waals surface area (Å²) in [5, 5.41) is 4.53. The summed E-state index contributed by atoms with van der Waals surface area (Å²) in [5.41, 5.74) is 3.85. The molecule has 1 fully saturated rings. The van der Waals surface area contributed by atoms with Gasteiger partial charge in [-0.1, -0.05) is 55.5 Å². The van der Waals surface area contributed by atoms with E-state index in [0.717, 1.165) is 46.8 Å². The molecule has 1 aliphatic heterocycles. The maximum atomic E-state index is 4.90. The van der Waals surface area contributed by atoms with E-state index in [-0.39, 0.29) is 0 Å². The Balaban J connectivity index is 1.57. The van der Waals surface area contributed by atoms with Crippen LogP contribution in [-0.2, 0) is 0 Å². The van der Waals surface area contributed by atoms with Crippen molar-refractivity contribution in [3.8, 4) is 11.3 Å². The molecule has 1 atom stereocenters. The lowest BCUT2D eigenvalue weighted by Crippen LogP contribution is -2.35. The van der Waals surface area contributed by atoms with Gasteiger partial charge >= 0.3 is 0 Å². The quantitative estimate of drug-likeness (QED) is 0.482. The molecule has 3 heterocycles. The molecule has 5 nitrogen and oxygen atoms in total. The topological polar surface area (TPSA) is 53.9 Å². The van der Waals surface area contributed by atoms with E-state index in [9.17, 15) is 0 Å². The number of piperidine rings is 1. The van der Waals surface area contributed by atoms with Crippen molar-refractivity contribution in [2.75, 3.05) is 23.3 Å². The van der Waals surface area contributed by atoms with Crippen LogP contribution in [0.2, 0.25) is 0 Å². The van der Waals surface area contributed by atoms with Crippen molar-refractivity contribution in [3.05, 3.63) is 72.9 Å². The fraction of sp³-hybridized carbons (Fsp3) is 0.240. The molecular weight excluding hydrogens is 370 g/mol. The molecule has 1 unspecified atom stereocenters. The average molecular weight is 396 g/mol. The van der Waals surface area contributed by atoms with E-state index in [1.165, 1.54) is 12.8 Å². The van der Waals surface area contributed by atoms with E-state index >= 15 is 0 Å². The average Bonchev–Trinajstić information content (AvgIpc) is 2.80. The summed E-state index contributed by atoms with van der Waals surface area (Å²) in [6, 6.07) is 22.5. The lowest BCUT2D eigenvalue weighted by atomic mass is 10.0. The van der Waals surface area contributed by atoms with Crippen molar-refractivity contribution < 1.29 is 0 Å². The van der Waals surface area contributed by atoms with Gasteiger partial charge in [0.05, 0.1) is 16.9 Å². The number of nitrogens with zero attached hydrogens (tertiary/aromatic N) is 4. The van der Waals surface area contributed by atoms with Crippen LogP contribution in [0.1, 0.15) is 19.8 Å². The first-order valence-electron chi connectivity index (χ1n) is 10.6. The van der Waals surface area contributed by atoms with Crippen molar-refractivity contribution in [1.82, 2.24) is 15.0 Å². The number of hydrogen-bond acceptors (Lipinski definition) is 5. The first kappa shape index (κ1) is 18.6. The van der Waals surface area contributed by atoms with E-state index in [1.807, 2.05) is 42.6 Å². The van der Waals surface area contributed by atoms with Gasteiger partial charge in [0.1, 0.15) is 5.82 Å². The number of aromatic nitrogens is 3. The van der Waals surface area contributed by atoms with Crippen molar-refractivity contribution in [2.24, 2.45) is 5.92 Å². The van der Waals surface area contributed by atoms with Crippen LogP contribution in [0.5, 0.6) is 0 Å². The minimum absolute atomic E-state index is 0.600. The van der Waals surface area contributed by atoms with Crippen molar-refractivity contribution in [1.29, 1.82) is 0 Å². The second-order valence-corrected chi connectivity index (χ2v) is 8.00. The maximum absolute atomic E-state index is 4.90. The van der Waals surface area contributed by atoms with Gasteiger partial charge in [0.15, 0.2) is 0 Å². The molecule has 1 saturated heterocycles. The number of hydrogen-bond donors (Lipinski definition) is 1. The van der Waals surface area contributed by atoms with Gasteiger partial charge in [0.25, 0.3) is 0 Å². The van der Waals surface area contributed by atoms with E-state index in [2.05, 4.69) is 52.5 Å². The molecule has 0 saturated carbocycles. The highest BCUT2D eigenvalue weighted by molar-refractivity contribution is 5.91. The summed E-state index contributed by atoms with van der Waals surface area (Å²) >= 11 is 0. The molecule has 0 amide bonds. The number of fused-ring (bicyclic) bond motifs is 1. The molecule has 1 N–H and O–H groups in total. The Morgan fingerprint density at radius 1 is 0.967 bits per heavy atom. The standard InChI is InChI=1S/C25H25N5/c1-18-8-7-15-30(17-18)23-16-22(19-9-3-2-4-10-19)28-25(29-23)27-21-13-5-11-20-12-6-14-26-24(20)21/h2-6,9-14,16,18H,7-8,15,17H2,1H3,(H,27,28,29). The Labute approximate surface area is 176 Å². The summed E-state index contributed by atoms with van der Waals surface area (Å²) in [6.07, 6.45) is 4.29. The Bertz CT molecular complexity index is 1150. The van der Waals surface area contributed by atoms with E-state index in [0.29, 0.717) is 11.9 Å². The zero-order valence-corrected chi connectivity index (χ0v) is 17.1. The van der Waals surface area contributed by atoms with Crippen LogP contribution < -0.4 is 10.2 Å². The predicted molar refractivity (Wildman–Crippen MR) is 123 cm³/mol. The highest BCUT2D eigenvalue weighted by Crippen LogP contribution is 2.29. The molecule has 30 heavy (non-hydrogen) atoms. The fourth-order valence-corrected chi connectivity index (χ4v) is 4.13. The zero-order chi connectivity index (χ0) is 20.3. The number of anilines is 3. The lowest BCUT2D eigenvalue weighted by molar-refractivity contribution is 0.444. The third-order valence-corrected chi connectivity index (χ3v) is 5.64. The number of para-hydroxylation sites is 1. The summed E-state index contributed by atoms with van der Waals surface area (Å²) in [5.74, 6) is 2.25. The number of rotatable bonds is 4. The van der Waals surface area contributed by atoms with Crippen LogP contribution in [0.15, 0.2) is 72.9 Å². The van der Waals surface area contributed by atoms with E-state index in [1.54, 1.807) is 0 Å². The van der Waals surface area contributed by atoms with Gasteiger partial charge in [-0.25, -0.2) is 4.98 Å². The van der Waals surface area contributed by atoms with Crippen molar-refractivity contribution in [2.45, 2.75) is 19.8 Å². The predicted octanol–water partition coefficient (Wildman–Crippen LogP) is 5.67. The molecule has 5 rings (SSSR count). The molecule has 0 aliphatic carbocycles. The van der Waals surface area contributed by atoms with Gasteiger partial charge in [-0.3, -0.25) is 4.98 Å². The third kappa shape index (κ3) is 3.83. The van der Waals surface area contributed by atoms with Gasteiger partial charge in [-0.05, 0) is 30.9 Å². The smallest absolute Gasteiger partial charge is 0.229 e. The van der Waals surface area contributed by atoms with Gasteiger partial charge < -0.3 is 10.2 Å². The Morgan fingerprint density at radius 3 is 2.70 bits per heavy atom. The summed E-state index contributed by atoms with van der Waals surface area (Å²) in [6.45, 7) is 4.37. The molecule has 2 aromatic heterocycles. The van der Waals surface area contributed by atoms with Gasteiger partial charge in [-0.15, -0.1) is 0 Å². The van der Waals surface area contributed by atoms with Crippen LogP contribution in [0.4, 0.5) is 17.5 Å². The molecule has 0 radical (unpaired) electrons. The van der Waals surface area contributed by atoms with Crippen LogP contribution in [0.25, 0.3) is 22.2 Å². The summed E-state index contributed by atoms with van der Waals surface area (Å²) in [7, 11) is 0. The van der Waals surface area contributed by atoms with E-state index in [4.69, 9.17) is 9.97 Å². The first-order chi connectivity index (χ1) is 14.8. The largest absolute Gasteiger partial charge is 0.356 e. The Kier molecular flexibility index (Phi) is 5.01. The summed E-state index contributed by atoms with van der Waals surface area (Å²) in [4.78, 5) is 16.7. The highest BCUT2D eigenvalue weighted by atomic mass is 15.2. The minimum Gasteiger partial charge on any atom is -0.356 e. The zero-order valence-electron chi connectivity index (χ0n) is 17.1. The maximum Gasteiger partial charge on any atom is 0.229 e. The normalized spacial score (nSPS) is 16.6. The van der Waals surface area contributed by atoms with Gasteiger partial charge in [0.2, 0.25) is 5.95 Å². The van der Waals surface area contributed by atoms with E-state index < -0.39 is 0 Å². The first-order valence-corrected chi connectivity index (χ1v) is 10.6. The third-order valence-electron chi connectivity index (χ3n) is 5.64. The van der Waals surface area contributed by atoms with Gasteiger partial charge in [0, 0.05) is 36.3 Å². The molecule has 4 aromatic rings. The highest BCUT2D eigenvalue weighted by Gasteiger charge is 2.19. The minimum atomic E-state index is 0.600. The summed E-state index contributed by atoms with van der Waals surface area (Å²) < 4.78 is 0. The van der Waals surface area contributed by atoms with Crippen molar-refractivity contribution >= 4 is 28.4 Å². The number of nitrogens with one attached hydrogen (secondary N) is 1. The molecule has 2 aromatic carbocycles.